The quantitative estimate of drug-likeness (QED) is 0.940. The van der Waals surface area contributed by atoms with E-state index in [4.69, 9.17) is 4.74 Å². The van der Waals surface area contributed by atoms with Crippen LogP contribution in [0.5, 0.6) is 0 Å². The average molecular weight is 327 g/mol. The van der Waals surface area contributed by atoms with Gasteiger partial charge < -0.3 is 15.0 Å². The van der Waals surface area contributed by atoms with Crippen LogP contribution in [0.25, 0.3) is 11.1 Å². The van der Waals surface area contributed by atoms with Gasteiger partial charge in [0.2, 0.25) is 0 Å². The van der Waals surface area contributed by atoms with Crippen LogP contribution in [0.15, 0.2) is 30.3 Å². The summed E-state index contributed by atoms with van der Waals surface area (Å²) in [7, 11) is 1.61. The van der Waals surface area contributed by atoms with Crippen LogP contribution in [0, 0.1) is 11.3 Å². The number of morpholine rings is 1. The van der Waals surface area contributed by atoms with Crippen molar-refractivity contribution in [2.75, 3.05) is 38.3 Å². The molecule has 2 aromatic rings. The number of benzene rings is 1. The van der Waals surface area contributed by atoms with Crippen LogP contribution in [0.3, 0.4) is 0 Å². The third-order valence-electron chi connectivity index (χ3n) is 3.80. The number of nitrogens with zero attached hydrogens (tertiary/aromatic N) is 2. The lowest BCUT2D eigenvalue weighted by molar-refractivity contribution is 0.0967. The Balaban J connectivity index is 2.17. The monoisotopic (exact) mass is 327 g/mol. The molecule has 0 unspecified atom stereocenters. The Hall–Kier alpha value is -2.36. The van der Waals surface area contributed by atoms with E-state index < -0.39 is 0 Å². The summed E-state index contributed by atoms with van der Waals surface area (Å²) in [6.07, 6.45) is 0. The van der Waals surface area contributed by atoms with Crippen molar-refractivity contribution < 1.29 is 9.53 Å². The molecular weight excluding hydrogens is 310 g/mol. The fourth-order valence-corrected chi connectivity index (χ4v) is 3.94. The molecule has 0 bridgehead atoms. The molecule has 1 aromatic heterocycles. The largest absolute Gasteiger partial charge is 0.378 e. The van der Waals surface area contributed by atoms with Crippen molar-refractivity contribution in [2.45, 2.75) is 0 Å². The highest BCUT2D eigenvalue weighted by Crippen LogP contribution is 2.42. The topological polar surface area (TPSA) is 65.4 Å². The van der Waals surface area contributed by atoms with Crippen LogP contribution < -0.4 is 10.2 Å². The minimum atomic E-state index is -0.162. The average Bonchev–Trinajstić information content (AvgIpc) is 3.02. The first kappa shape index (κ1) is 15.5. The van der Waals surface area contributed by atoms with Gasteiger partial charge >= 0.3 is 0 Å². The van der Waals surface area contributed by atoms with E-state index in [1.807, 2.05) is 30.3 Å². The molecule has 118 valence electrons. The number of nitrogens with one attached hydrogen (secondary N) is 1. The molecule has 1 fully saturated rings. The van der Waals surface area contributed by atoms with Crippen molar-refractivity contribution in [3.63, 3.8) is 0 Å². The van der Waals surface area contributed by atoms with E-state index >= 15 is 0 Å². The second-order valence-electron chi connectivity index (χ2n) is 5.14. The summed E-state index contributed by atoms with van der Waals surface area (Å²) in [5, 5.41) is 13.3. The number of rotatable bonds is 3. The fourth-order valence-electron chi connectivity index (χ4n) is 2.67. The predicted molar refractivity (Wildman–Crippen MR) is 90.9 cm³/mol. The van der Waals surface area contributed by atoms with Crippen molar-refractivity contribution in [2.24, 2.45) is 0 Å². The maximum Gasteiger partial charge on any atom is 0.261 e. The first-order valence-electron chi connectivity index (χ1n) is 7.43. The number of carbonyl (C=O) groups is 1. The molecule has 1 aliphatic heterocycles. The minimum Gasteiger partial charge on any atom is -0.378 e. The highest BCUT2D eigenvalue weighted by Gasteiger charge is 2.27. The van der Waals surface area contributed by atoms with Gasteiger partial charge in [0.1, 0.15) is 15.9 Å². The fraction of sp³-hybridized carbons (Fsp3) is 0.294. The van der Waals surface area contributed by atoms with Gasteiger partial charge in [0.25, 0.3) is 5.91 Å². The first-order valence-corrected chi connectivity index (χ1v) is 8.25. The second kappa shape index (κ2) is 6.82. The summed E-state index contributed by atoms with van der Waals surface area (Å²) in [4.78, 5) is 15.0. The molecule has 2 heterocycles. The van der Waals surface area contributed by atoms with Gasteiger partial charge in [0.15, 0.2) is 0 Å². The Morgan fingerprint density at radius 1 is 1.30 bits per heavy atom. The Morgan fingerprint density at radius 3 is 2.61 bits per heavy atom. The van der Waals surface area contributed by atoms with E-state index in [-0.39, 0.29) is 5.91 Å². The van der Waals surface area contributed by atoms with E-state index in [0.717, 1.165) is 29.2 Å². The number of amides is 1. The molecule has 0 saturated carbocycles. The maximum absolute atomic E-state index is 12.3. The molecule has 0 aliphatic carbocycles. The lowest BCUT2D eigenvalue weighted by Crippen LogP contribution is -2.36. The zero-order chi connectivity index (χ0) is 16.2. The SMILES string of the molecule is CNC(=O)c1sc(N2CCOCC2)c(C#N)c1-c1ccccc1. The van der Waals surface area contributed by atoms with Crippen molar-refractivity contribution >= 4 is 22.2 Å². The van der Waals surface area contributed by atoms with Crippen LogP contribution in [0.1, 0.15) is 15.2 Å². The van der Waals surface area contributed by atoms with Gasteiger partial charge in [-0.05, 0) is 5.56 Å². The number of nitriles is 1. The van der Waals surface area contributed by atoms with E-state index in [9.17, 15) is 10.1 Å². The summed E-state index contributed by atoms with van der Waals surface area (Å²) in [5.74, 6) is -0.162. The summed E-state index contributed by atoms with van der Waals surface area (Å²) < 4.78 is 5.39. The van der Waals surface area contributed by atoms with Crippen molar-refractivity contribution in [3.05, 3.63) is 40.8 Å². The highest BCUT2D eigenvalue weighted by atomic mass is 32.1. The first-order chi connectivity index (χ1) is 11.3. The summed E-state index contributed by atoms with van der Waals surface area (Å²) >= 11 is 1.38. The molecule has 1 N–H and O–H groups in total. The summed E-state index contributed by atoms with van der Waals surface area (Å²) in [5.41, 5.74) is 2.18. The zero-order valence-electron chi connectivity index (χ0n) is 12.8. The molecule has 3 rings (SSSR count). The second-order valence-corrected chi connectivity index (χ2v) is 6.14. The summed E-state index contributed by atoms with van der Waals surface area (Å²) in [6.45, 7) is 2.74. The number of ether oxygens (including phenoxy) is 1. The molecule has 6 heteroatoms. The molecule has 0 atom stereocenters. The van der Waals surface area contributed by atoms with Crippen molar-refractivity contribution in [1.82, 2.24) is 5.32 Å². The van der Waals surface area contributed by atoms with Gasteiger partial charge in [0.05, 0.1) is 18.8 Å². The molecule has 1 amide bonds. The van der Waals surface area contributed by atoms with Gasteiger partial charge in [-0.1, -0.05) is 30.3 Å². The van der Waals surface area contributed by atoms with Crippen molar-refractivity contribution in [1.29, 1.82) is 5.26 Å². The highest BCUT2D eigenvalue weighted by molar-refractivity contribution is 7.18. The summed E-state index contributed by atoms with van der Waals surface area (Å²) in [6, 6.07) is 11.9. The van der Waals surface area contributed by atoms with Gasteiger partial charge in [0, 0.05) is 25.7 Å². The van der Waals surface area contributed by atoms with E-state index in [1.165, 1.54) is 11.3 Å². The van der Waals surface area contributed by atoms with Crippen LogP contribution >= 0.6 is 11.3 Å². The van der Waals surface area contributed by atoms with Crippen LogP contribution in [-0.4, -0.2) is 39.3 Å². The lowest BCUT2D eigenvalue weighted by Gasteiger charge is -2.27. The van der Waals surface area contributed by atoms with Crippen LogP contribution in [0.2, 0.25) is 0 Å². The Morgan fingerprint density at radius 2 is 2.00 bits per heavy atom. The molecule has 5 nitrogen and oxygen atoms in total. The zero-order valence-corrected chi connectivity index (χ0v) is 13.7. The molecular formula is C17H17N3O2S. The van der Waals surface area contributed by atoms with Crippen LogP contribution in [0.4, 0.5) is 5.00 Å². The van der Waals surface area contributed by atoms with Gasteiger partial charge in [-0.2, -0.15) is 5.26 Å². The third-order valence-corrected chi connectivity index (χ3v) is 5.04. The molecule has 23 heavy (non-hydrogen) atoms. The van der Waals surface area contributed by atoms with E-state index in [1.54, 1.807) is 7.05 Å². The number of thiophene rings is 1. The minimum absolute atomic E-state index is 0.162. The standard InChI is InChI=1S/C17H17N3O2S/c1-19-16(21)15-14(12-5-3-2-4-6-12)13(11-18)17(23-15)20-7-9-22-10-8-20/h2-6H,7-10H2,1H3,(H,19,21). The normalized spacial score (nSPS) is 14.3. The van der Waals surface area contributed by atoms with Gasteiger partial charge in [-0.25, -0.2) is 0 Å². The Bertz CT molecular complexity index is 743. The Labute approximate surface area is 139 Å². The predicted octanol–water partition coefficient (Wildman–Crippen LogP) is 2.48. The van der Waals surface area contributed by atoms with Gasteiger partial charge in [-0.15, -0.1) is 11.3 Å². The number of hydrogen-bond acceptors (Lipinski definition) is 5. The Kier molecular flexibility index (Phi) is 4.60. The van der Waals surface area contributed by atoms with Gasteiger partial charge in [-0.3, -0.25) is 4.79 Å². The maximum atomic E-state index is 12.3. The van der Waals surface area contributed by atoms with E-state index in [0.29, 0.717) is 23.7 Å². The molecule has 0 radical (unpaired) electrons. The van der Waals surface area contributed by atoms with E-state index in [2.05, 4.69) is 16.3 Å². The number of carbonyl (C=O) groups excluding carboxylic acids is 1. The molecule has 1 saturated heterocycles. The molecule has 0 spiro atoms. The van der Waals surface area contributed by atoms with Crippen LogP contribution in [-0.2, 0) is 4.74 Å². The number of anilines is 1. The molecule has 1 aromatic carbocycles. The lowest BCUT2D eigenvalue weighted by atomic mass is 10.0. The smallest absolute Gasteiger partial charge is 0.261 e. The number of hydrogen-bond donors (Lipinski definition) is 1. The van der Waals surface area contributed by atoms with Crippen molar-refractivity contribution in [3.8, 4) is 17.2 Å². The third kappa shape index (κ3) is 2.93. The molecule has 1 aliphatic rings.